The summed E-state index contributed by atoms with van der Waals surface area (Å²) in [6.45, 7) is 0.644. The molecule has 0 radical (unpaired) electrons. The summed E-state index contributed by atoms with van der Waals surface area (Å²) in [5.74, 6) is 2.69. The van der Waals surface area contributed by atoms with Crippen molar-refractivity contribution in [3.8, 4) is 17.2 Å². The van der Waals surface area contributed by atoms with Gasteiger partial charge in [-0.25, -0.2) is 4.98 Å². The van der Waals surface area contributed by atoms with Crippen LogP contribution in [0.3, 0.4) is 0 Å². The number of carbonyl (C=O) groups excluding carboxylic acids is 1. The third-order valence-electron chi connectivity index (χ3n) is 4.84. The Morgan fingerprint density at radius 3 is 2.56 bits per heavy atom. The quantitative estimate of drug-likeness (QED) is 0.516. The van der Waals surface area contributed by atoms with Gasteiger partial charge in [0.1, 0.15) is 5.75 Å². The lowest BCUT2D eigenvalue weighted by atomic mass is 10.1. The predicted molar refractivity (Wildman–Crippen MR) is 129 cm³/mol. The van der Waals surface area contributed by atoms with Gasteiger partial charge in [-0.1, -0.05) is 0 Å². The van der Waals surface area contributed by atoms with Gasteiger partial charge in [-0.2, -0.15) is 0 Å². The van der Waals surface area contributed by atoms with Crippen molar-refractivity contribution in [2.24, 2.45) is 0 Å². The van der Waals surface area contributed by atoms with E-state index in [2.05, 4.69) is 10.3 Å². The normalized spacial score (nSPS) is 14.5. The molecular weight excluding hydrogens is 446 g/mol. The zero-order valence-corrected chi connectivity index (χ0v) is 19.6. The monoisotopic (exact) mass is 469 g/mol. The lowest BCUT2D eigenvalue weighted by molar-refractivity contribution is 0.0830. The lowest BCUT2D eigenvalue weighted by Crippen LogP contribution is -2.26. The minimum absolute atomic E-state index is 0.0750. The molecule has 1 aliphatic rings. The van der Waals surface area contributed by atoms with E-state index >= 15 is 0 Å². The van der Waals surface area contributed by atoms with Crippen molar-refractivity contribution in [3.05, 3.63) is 64.1 Å². The van der Waals surface area contributed by atoms with Gasteiger partial charge in [0.15, 0.2) is 16.6 Å². The van der Waals surface area contributed by atoms with E-state index in [4.69, 9.17) is 14.2 Å². The van der Waals surface area contributed by atoms with Gasteiger partial charge in [-0.05, 0) is 48.5 Å². The Balaban J connectivity index is 1.49. The highest BCUT2D eigenvalue weighted by molar-refractivity contribution is 8.03. The summed E-state index contributed by atoms with van der Waals surface area (Å²) < 4.78 is 15.8. The predicted octanol–water partition coefficient (Wildman–Crippen LogP) is 5.10. The Morgan fingerprint density at radius 2 is 1.84 bits per heavy atom. The summed E-state index contributed by atoms with van der Waals surface area (Å²) in [4.78, 5) is 19.6. The molecule has 32 heavy (non-hydrogen) atoms. The molecule has 1 saturated heterocycles. The second-order valence-corrected chi connectivity index (χ2v) is 8.76. The fourth-order valence-corrected chi connectivity index (χ4v) is 4.92. The Bertz CT molecular complexity index is 1130. The van der Waals surface area contributed by atoms with Crippen LogP contribution >= 0.6 is 23.1 Å². The van der Waals surface area contributed by atoms with Gasteiger partial charge in [0.25, 0.3) is 5.91 Å². The maximum Gasteiger partial charge on any atom is 0.258 e. The van der Waals surface area contributed by atoms with Gasteiger partial charge in [-0.3, -0.25) is 4.79 Å². The Labute approximate surface area is 195 Å². The molecule has 1 amide bonds. The van der Waals surface area contributed by atoms with Crippen molar-refractivity contribution in [2.45, 2.75) is 0 Å². The third kappa shape index (κ3) is 4.84. The van der Waals surface area contributed by atoms with E-state index in [-0.39, 0.29) is 5.91 Å². The standard InChI is InChI=1S/C23H23N3O4S2/c1-28-18-7-5-16(6-8-18)24-23-25-17(14-32-23)13-21-26(10-11-31-21)22(27)15-4-9-19(29-2)20(12-15)30-3/h4-9,12-14H,10-11H2,1-3H3,(H,24,25)/b21-13+. The number of methoxy groups -OCH3 is 3. The number of ether oxygens (including phenoxy) is 3. The number of nitrogens with one attached hydrogen (secondary N) is 1. The molecule has 0 atom stereocenters. The molecular formula is C23H23N3O4S2. The molecule has 0 unspecified atom stereocenters. The fraction of sp³-hybridized carbons (Fsp3) is 0.217. The van der Waals surface area contributed by atoms with Crippen LogP contribution in [0.25, 0.3) is 6.08 Å². The molecule has 1 N–H and O–H groups in total. The first-order valence-corrected chi connectivity index (χ1v) is 11.7. The van der Waals surface area contributed by atoms with E-state index in [1.807, 2.05) is 35.7 Å². The second kappa shape index (κ2) is 9.97. The molecule has 4 rings (SSSR count). The summed E-state index contributed by atoms with van der Waals surface area (Å²) in [6.07, 6.45) is 1.95. The van der Waals surface area contributed by atoms with Crippen LogP contribution in [-0.2, 0) is 0 Å². The Morgan fingerprint density at radius 1 is 1.06 bits per heavy atom. The topological polar surface area (TPSA) is 72.9 Å². The van der Waals surface area contributed by atoms with Gasteiger partial charge < -0.3 is 24.4 Å². The smallest absolute Gasteiger partial charge is 0.258 e. The van der Waals surface area contributed by atoms with Crippen molar-refractivity contribution in [1.29, 1.82) is 0 Å². The van der Waals surface area contributed by atoms with Crippen molar-refractivity contribution in [3.63, 3.8) is 0 Å². The number of rotatable bonds is 7. The average Bonchev–Trinajstić information content (AvgIpc) is 3.48. The fourth-order valence-electron chi connectivity index (χ4n) is 3.21. The minimum atomic E-state index is -0.0750. The van der Waals surface area contributed by atoms with Gasteiger partial charge in [0.2, 0.25) is 0 Å². The number of carbonyl (C=O) groups is 1. The van der Waals surface area contributed by atoms with E-state index in [0.717, 1.165) is 33.0 Å². The molecule has 1 fully saturated rings. The number of hydrogen-bond acceptors (Lipinski definition) is 8. The van der Waals surface area contributed by atoms with Crippen molar-refractivity contribution >= 4 is 45.9 Å². The number of aromatic nitrogens is 1. The maximum atomic E-state index is 13.1. The van der Waals surface area contributed by atoms with Crippen LogP contribution in [-0.4, -0.2) is 49.4 Å². The number of anilines is 2. The van der Waals surface area contributed by atoms with E-state index in [1.54, 1.807) is 56.2 Å². The van der Waals surface area contributed by atoms with Crippen LogP contribution in [0.1, 0.15) is 16.1 Å². The molecule has 3 aromatic rings. The molecule has 0 bridgehead atoms. The first-order valence-electron chi connectivity index (χ1n) is 9.86. The maximum absolute atomic E-state index is 13.1. The molecule has 9 heteroatoms. The summed E-state index contributed by atoms with van der Waals surface area (Å²) in [5.41, 5.74) is 2.29. The average molecular weight is 470 g/mol. The molecule has 2 heterocycles. The van der Waals surface area contributed by atoms with Crippen molar-refractivity contribution in [1.82, 2.24) is 9.88 Å². The number of nitrogens with zero attached hydrogens (tertiary/aromatic N) is 2. The summed E-state index contributed by atoms with van der Waals surface area (Å²) >= 11 is 3.16. The highest BCUT2D eigenvalue weighted by Gasteiger charge is 2.26. The molecule has 0 saturated carbocycles. The molecule has 7 nitrogen and oxygen atoms in total. The van der Waals surface area contributed by atoms with Crippen LogP contribution < -0.4 is 19.5 Å². The van der Waals surface area contributed by atoms with Gasteiger partial charge in [0, 0.05) is 28.9 Å². The molecule has 1 aromatic heterocycles. The van der Waals surface area contributed by atoms with Crippen LogP contribution in [0.2, 0.25) is 0 Å². The van der Waals surface area contributed by atoms with Gasteiger partial charge in [0.05, 0.1) is 32.1 Å². The molecule has 2 aromatic carbocycles. The highest BCUT2D eigenvalue weighted by atomic mass is 32.2. The van der Waals surface area contributed by atoms with Gasteiger partial charge in [-0.15, -0.1) is 23.1 Å². The summed E-state index contributed by atoms with van der Waals surface area (Å²) in [5, 5.41) is 6.92. The van der Waals surface area contributed by atoms with E-state index in [0.29, 0.717) is 23.6 Å². The first kappa shape index (κ1) is 22.0. The first-order chi connectivity index (χ1) is 15.6. The van der Waals surface area contributed by atoms with Crippen molar-refractivity contribution < 1.29 is 19.0 Å². The van der Waals surface area contributed by atoms with Crippen LogP contribution in [0.5, 0.6) is 17.2 Å². The largest absolute Gasteiger partial charge is 0.497 e. The van der Waals surface area contributed by atoms with Crippen LogP contribution in [0.15, 0.2) is 52.9 Å². The number of amides is 1. The number of thioether (sulfide) groups is 1. The molecule has 166 valence electrons. The number of benzene rings is 2. The molecule has 0 aliphatic carbocycles. The van der Waals surface area contributed by atoms with E-state index in [1.165, 1.54) is 11.3 Å². The molecule has 1 aliphatic heterocycles. The highest BCUT2D eigenvalue weighted by Crippen LogP contribution is 2.34. The summed E-state index contributed by atoms with van der Waals surface area (Å²) in [6, 6.07) is 12.9. The van der Waals surface area contributed by atoms with Crippen LogP contribution in [0.4, 0.5) is 10.8 Å². The second-order valence-electron chi connectivity index (χ2n) is 6.79. The van der Waals surface area contributed by atoms with Gasteiger partial charge >= 0.3 is 0 Å². The van der Waals surface area contributed by atoms with E-state index in [9.17, 15) is 4.79 Å². The number of hydrogen-bond donors (Lipinski definition) is 1. The zero-order chi connectivity index (χ0) is 22.5. The minimum Gasteiger partial charge on any atom is -0.497 e. The lowest BCUT2D eigenvalue weighted by Gasteiger charge is -2.18. The zero-order valence-electron chi connectivity index (χ0n) is 18.0. The number of thiazole rings is 1. The third-order valence-corrected chi connectivity index (χ3v) is 6.64. The Kier molecular flexibility index (Phi) is 6.87. The Hall–Kier alpha value is -3.17. The van der Waals surface area contributed by atoms with E-state index < -0.39 is 0 Å². The summed E-state index contributed by atoms with van der Waals surface area (Å²) in [7, 11) is 4.77. The van der Waals surface area contributed by atoms with Crippen LogP contribution in [0, 0.1) is 0 Å². The van der Waals surface area contributed by atoms with Crippen molar-refractivity contribution in [2.75, 3.05) is 38.9 Å². The SMILES string of the molecule is COc1ccc(Nc2nc(/C=C3/SCCN3C(=O)c3ccc(OC)c(OC)c3)cs2)cc1. The molecule has 0 spiro atoms.